The summed E-state index contributed by atoms with van der Waals surface area (Å²) in [6, 6.07) is 0. The Bertz CT molecular complexity index is 160. The molecule has 0 unspecified atom stereocenters. The molecule has 0 fully saturated rings. The molecule has 5 heteroatoms. The maximum absolute atomic E-state index is 8.72. The number of halogens is 2. The fourth-order valence-electron chi connectivity index (χ4n) is 0.511. The zero-order valence-corrected chi connectivity index (χ0v) is 10.3. The largest absolute Gasteiger partial charge is 0.339 e. The molecule has 0 aliphatic heterocycles. The van der Waals surface area contributed by atoms with Gasteiger partial charge < -0.3 is 15.3 Å². The number of hydrogen-bond acceptors (Lipinski definition) is 3. The van der Waals surface area contributed by atoms with Crippen molar-refractivity contribution in [1.29, 1.82) is 0 Å². The molecule has 0 saturated carbocycles. The molecule has 0 heterocycles. The van der Waals surface area contributed by atoms with Gasteiger partial charge in [-0.15, -0.1) is 0 Å². The zero-order chi connectivity index (χ0) is 9.07. The van der Waals surface area contributed by atoms with Crippen molar-refractivity contribution in [3.05, 3.63) is 7.16 Å². The van der Waals surface area contributed by atoms with Crippen LogP contribution in [0.3, 0.4) is 0 Å². The first-order valence-corrected chi connectivity index (χ1v) is 5.27. The van der Waals surface area contributed by atoms with Crippen LogP contribution in [0.1, 0.15) is 19.8 Å². The van der Waals surface area contributed by atoms with Gasteiger partial charge in [0.15, 0.2) is 0 Å². The van der Waals surface area contributed by atoms with Crippen molar-refractivity contribution in [2.24, 2.45) is 0 Å². The molecule has 0 saturated heterocycles. The molecule has 0 bridgehead atoms. The van der Waals surface area contributed by atoms with Gasteiger partial charge in [-0.1, -0.05) is 13.3 Å². The van der Waals surface area contributed by atoms with Crippen molar-refractivity contribution < 1.29 is 15.3 Å². The summed E-state index contributed by atoms with van der Waals surface area (Å²) in [7, 11) is 0. The summed E-state index contributed by atoms with van der Waals surface area (Å²) in [6.07, 6.45) is 1.67. The Kier molecular flexibility index (Phi) is 5.44. The molecule has 3 N–H and O–H groups in total. The fraction of sp³-hybridized carbons (Fsp3) is 0.667. The molecule has 0 aromatic heterocycles. The van der Waals surface area contributed by atoms with Crippen molar-refractivity contribution >= 4 is 45.2 Å². The zero-order valence-electron chi connectivity index (χ0n) is 6.01. The molecule has 0 amide bonds. The van der Waals surface area contributed by atoms with Crippen LogP contribution in [0.2, 0.25) is 0 Å². The van der Waals surface area contributed by atoms with Crippen LogP contribution in [0.25, 0.3) is 0 Å². The third-order valence-electron chi connectivity index (χ3n) is 1.00. The van der Waals surface area contributed by atoms with Crippen molar-refractivity contribution in [3.63, 3.8) is 0 Å². The summed E-state index contributed by atoms with van der Waals surface area (Å²) in [4.78, 5) is 0. The highest BCUT2D eigenvalue weighted by molar-refractivity contribution is 14.1. The van der Waals surface area contributed by atoms with Gasteiger partial charge in [-0.2, -0.15) is 0 Å². The summed E-state index contributed by atoms with van der Waals surface area (Å²) in [6.45, 7) is 1.98. The molecular formula is C6H10I2O3. The molecular weight excluding hydrogens is 374 g/mol. The maximum Gasteiger partial charge on any atom is 0.311 e. The highest BCUT2D eigenvalue weighted by atomic mass is 127. The standard InChI is InChI=1S/C6H10I2O3/c1-2-3-4(7)5(8)6(9,10)11/h9-11H,2-3H2,1H3. The molecule has 0 aromatic carbocycles. The van der Waals surface area contributed by atoms with E-state index in [1.54, 1.807) is 22.6 Å². The Labute approximate surface area is 92.8 Å². The molecule has 3 nitrogen and oxygen atoms in total. The molecule has 11 heavy (non-hydrogen) atoms. The lowest BCUT2D eigenvalue weighted by Crippen LogP contribution is -2.27. The highest BCUT2D eigenvalue weighted by Gasteiger charge is 2.25. The minimum Gasteiger partial charge on any atom is -0.339 e. The highest BCUT2D eigenvalue weighted by Crippen LogP contribution is 2.29. The van der Waals surface area contributed by atoms with E-state index in [2.05, 4.69) is 0 Å². The molecule has 0 atom stereocenters. The van der Waals surface area contributed by atoms with E-state index in [4.69, 9.17) is 15.3 Å². The number of aliphatic hydroxyl groups is 3. The molecule has 0 aliphatic rings. The SMILES string of the molecule is CCCC(I)=C(I)C(O)(O)O. The minimum absolute atomic E-state index is 0.178. The van der Waals surface area contributed by atoms with Crippen molar-refractivity contribution in [3.8, 4) is 0 Å². The molecule has 0 radical (unpaired) electrons. The third-order valence-corrected chi connectivity index (χ3v) is 4.49. The van der Waals surface area contributed by atoms with Crippen molar-refractivity contribution in [1.82, 2.24) is 0 Å². The first kappa shape index (κ1) is 12.1. The molecule has 0 aromatic rings. The summed E-state index contributed by atoms with van der Waals surface area (Å²) >= 11 is 3.70. The second-order valence-electron chi connectivity index (χ2n) is 2.10. The van der Waals surface area contributed by atoms with Gasteiger partial charge in [0.1, 0.15) is 0 Å². The van der Waals surface area contributed by atoms with Gasteiger partial charge >= 0.3 is 5.97 Å². The molecule has 0 aliphatic carbocycles. The summed E-state index contributed by atoms with van der Waals surface area (Å²) in [5, 5.41) is 26.2. The van der Waals surface area contributed by atoms with Gasteiger partial charge in [0.2, 0.25) is 0 Å². The smallest absolute Gasteiger partial charge is 0.311 e. The number of hydrogen-bond donors (Lipinski definition) is 3. The van der Waals surface area contributed by atoms with Crippen LogP contribution in [0.5, 0.6) is 0 Å². The molecule has 66 valence electrons. The van der Waals surface area contributed by atoms with Gasteiger partial charge in [-0.3, -0.25) is 0 Å². The second kappa shape index (κ2) is 4.95. The van der Waals surface area contributed by atoms with Gasteiger partial charge in [-0.05, 0) is 51.6 Å². The lowest BCUT2D eigenvalue weighted by atomic mass is 10.3. The Morgan fingerprint density at radius 1 is 1.27 bits per heavy atom. The van der Waals surface area contributed by atoms with Crippen LogP contribution < -0.4 is 0 Å². The van der Waals surface area contributed by atoms with Gasteiger partial charge in [-0.25, -0.2) is 0 Å². The van der Waals surface area contributed by atoms with Crippen LogP contribution in [0.4, 0.5) is 0 Å². The molecule has 0 rings (SSSR count). The summed E-state index contributed by atoms with van der Waals surface area (Å²) in [5.41, 5.74) is 0. The lowest BCUT2D eigenvalue weighted by Gasteiger charge is -2.14. The van der Waals surface area contributed by atoms with Crippen LogP contribution >= 0.6 is 45.2 Å². The van der Waals surface area contributed by atoms with E-state index in [0.717, 1.165) is 16.4 Å². The lowest BCUT2D eigenvalue weighted by molar-refractivity contribution is -0.275. The molecule has 0 spiro atoms. The Balaban J connectivity index is 4.39. The van der Waals surface area contributed by atoms with Gasteiger partial charge in [0.05, 0.1) is 3.58 Å². The van der Waals surface area contributed by atoms with E-state index in [1.807, 2.05) is 29.5 Å². The Morgan fingerprint density at radius 3 is 2.00 bits per heavy atom. The van der Waals surface area contributed by atoms with Crippen LogP contribution in [0, 0.1) is 0 Å². The van der Waals surface area contributed by atoms with Crippen molar-refractivity contribution in [2.45, 2.75) is 25.7 Å². The normalized spacial score (nSPS) is 14.7. The van der Waals surface area contributed by atoms with Gasteiger partial charge in [0.25, 0.3) is 0 Å². The third kappa shape index (κ3) is 4.61. The Morgan fingerprint density at radius 2 is 1.73 bits per heavy atom. The van der Waals surface area contributed by atoms with Crippen molar-refractivity contribution in [2.75, 3.05) is 0 Å². The van der Waals surface area contributed by atoms with E-state index < -0.39 is 5.97 Å². The second-order valence-corrected chi connectivity index (χ2v) is 4.49. The number of rotatable bonds is 3. The number of allylic oxidation sites excluding steroid dienone is 1. The van der Waals surface area contributed by atoms with Gasteiger partial charge in [0, 0.05) is 3.58 Å². The van der Waals surface area contributed by atoms with E-state index in [0.29, 0.717) is 0 Å². The fourth-order valence-corrected chi connectivity index (χ4v) is 1.68. The Hall–Kier alpha value is 1.08. The average molecular weight is 384 g/mol. The van der Waals surface area contributed by atoms with E-state index in [9.17, 15) is 0 Å². The maximum atomic E-state index is 8.72. The quantitative estimate of drug-likeness (QED) is 0.511. The van der Waals surface area contributed by atoms with Crippen LogP contribution in [-0.4, -0.2) is 21.3 Å². The topological polar surface area (TPSA) is 60.7 Å². The summed E-state index contributed by atoms with van der Waals surface area (Å²) < 4.78 is 0.954. The summed E-state index contributed by atoms with van der Waals surface area (Å²) in [5.74, 6) is -2.66. The average Bonchev–Trinajstić information content (AvgIpc) is 1.85. The minimum atomic E-state index is -2.66. The first-order valence-electron chi connectivity index (χ1n) is 3.11. The van der Waals surface area contributed by atoms with E-state index >= 15 is 0 Å². The van der Waals surface area contributed by atoms with Crippen LogP contribution in [-0.2, 0) is 0 Å². The monoisotopic (exact) mass is 384 g/mol. The van der Waals surface area contributed by atoms with E-state index in [-0.39, 0.29) is 3.58 Å². The van der Waals surface area contributed by atoms with E-state index in [1.165, 1.54) is 0 Å². The van der Waals surface area contributed by atoms with Crippen LogP contribution in [0.15, 0.2) is 7.16 Å². The first-order chi connectivity index (χ1) is 4.89. The predicted molar refractivity (Wildman–Crippen MR) is 59.4 cm³/mol. The predicted octanol–water partition coefficient (Wildman–Crippen LogP) is 1.50.